The van der Waals surface area contributed by atoms with E-state index in [1.165, 1.54) is 0 Å². The van der Waals surface area contributed by atoms with Crippen molar-refractivity contribution in [3.63, 3.8) is 0 Å². The number of aliphatic hydroxyl groups is 1. The Balaban J connectivity index is 2.02. The molecule has 1 aliphatic carbocycles. The molecule has 0 radical (unpaired) electrons. The smallest absolute Gasteiger partial charge is 0.245 e. The van der Waals surface area contributed by atoms with Gasteiger partial charge in [-0.1, -0.05) is 0 Å². The normalized spacial score (nSPS) is 31.2. The molecule has 0 saturated carbocycles. The third kappa shape index (κ3) is 2.75. The van der Waals surface area contributed by atoms with E-state index in [0.717, 1.165) is 5.76 Å². The van der Waals surface area contributed by atoms with Crippen molar-refractivity contribution in [3.8, 4) is 0 Å². The van der Waals surface area contributed by atoms with Crippen LogP contribution in [0.4, 0.5) is 0 Å². The fourth-order valence-electron chi connectivity index (χ4n) is 2.15. The summed E-state index contributed by atoms with van der Waals surface area (Å²) in [6.45, 7) is 10.3. The van der Waals surface area contributed by atoms with Crippen LogP contribution in [0.25, 0.3) is 0 Å². The fraction of sp³-hybridized carbons (Fsp3) is 0.846. The Labute approximate surface area is 103 Å². The summed E-state index contributed by atoms with van der Waals surface area (Å²) in [7, 11) is 0. The molecular weight excluding hydrogens is 220 g/mol. The highest BCUT2D eigenvalue weighted by molar-refractivity contribution is 5.21. The van der Waals surface area contributed by atoms with Crippen molar-refractivity contribution in [2.75, 3.05) is 6.61 Å². The Morgan fingerprint density at radius 1 is 1.29 bits per heavy atom. The summed E-state index contributed by atoms with van der Waals surface area (Å²) in [5.74, 6) is 0.803. The predicted molar refractivity (Wildman–Crippen MR) is 63.1 cm³/mol. The van der Waals surface area contributed by atoms with E-state index in [0.29, 0.717) is 18.8 Å². The van der Waals surface area contributed by atoms with Gasteiger partial charge in [0.15, 0.2) is 5.76 Å². The Bertz CT molecular complexity index is 338. The molecule has 0 aromatic carbocycles. The second-order valence-electron chi connectivity index (χ2n) is 6.20. The molecular formula is C13H22O4. The van der Waals surface area contributed by atoms with Crippen molar-refractivity contribution in [1.29, 1.82) is 0 Å². The maximum Gasteiger partial charge on any atom is 0.245 e. The second kappa shape index (κ2) is 3.89. The average Bonchev–Trinajstić information content (AvgIpc) is 2.58. The summed E-state index contributed by atoms with van der Waals surface area (Å²) in [4.78, 5) is 0. The summed E-state index contributed by atoms with van der Waals surface area (Å²) in [6.07, 6.45) is 0.0666. The van der Waals surface area contributed by atoms with Gasteiger partial charge in [0.2, 0.25) is 5.79 Å². The van der Waals surface area contributed by atoms with Crippen LogP contribution in [0.5, 0.6) is 0 Å². The van der Waals surface area contributed by atoms with Crippen LogP contribution in [0.15, 0.2) is 11.5 Å². The van der Waals surface area contributed by atoms with Crippen molar-refractivity contribution in [3.05, 3.63) is 11.5 Å². The molecule has 1 N–H and O–H groups in total. The van der Waals surface area contributed by atoms with Crippen molar-refractivity contribution in [2.45, 2.75) is 58.5 Å². The lowest BCUT2D eigenvalue weighted by Crippen LogP contribution is -2.28. The van der Waals surface area contributed by atoms with Gasteiger partial charge in [-0.15, -0.1) is 0 Å². The van der Waals surface area contributed by atoms with Gasteiger partial charge in [-0.3, -0.25) is 0 Å². The molecule has 0 aromatic rings. The maximum atomic E-state index is 9.91. The average molecular weight is 242 g/mol. The van der Waals surface area contributed by atoms with Crippen LogP contribution < -0.4 is 0 Å². The minimum atomic E-state index is -0.661. The molecule has 1 aliphatic heterocycles. The van der Waals surface area contributed by atoms with E-state index in [1.54, 1.807) is 0 Å². The summed E-state index contributed by atoms with van der Waals surface area (Å²) in [5, 5.41) is 9.91. The molecule has 0 fully saturated rings. The zero-order valence-corrected chi connectivity index (χ0v) is 11.2. The van der Waals surface area contributed by atoms with Crippen LogP contribution >= 0.6 is 0 Å². The van der Waals surface area contributed by atoms with Gasteiger partial charge in [0, 0.05) is 19.8 Å². The number of hydrogen-bond donors (Lipinski definition) is 1. The molecule has 0 spiro atoms. The molecule has 4 nitrogen and oxygen atoms in total. The summed E-state index contributed by atoms with van der Waals surface area (Å²) in [5.41, 5.74) is -0.177. The summed E-state index contributed by atoms with van der Waals surface area (Å²) >= 11 is 0. The van der Waals surface area contributed by atoms with Gasteiger partial charge < -0.3 is 19.3 Å². The molecule has 0 aromatic heterocycles. The van der Waals surface area contributed by atoms with Gasteiger partial charge >= 0.3 is 0 Å². The van der Waals surface area contributed by atoms with Gasteiger partial charge in [0.05, 0.1) is 12.2 Å². The highest BCUT2D eigenvalue weighted by Gasteiger charge is 2.46. The highest BCUT2D eigenvalue weighted by Crippen LogP contribution is 2.44. The third-order valence-corrected chi connectivity index (χ3v) is 2.85. The first-order valence-corrected chi connectivity index (χ1v) is 6.12. The zero-order chi connectivity index (χ0) is 12.8. The maximum absolute atomic E-state index is 9.91. The van der Waals surface area contributed by atoms with Crippen LogP contribution in [-0.2, 0) is 14.2 Å². The Kier molecular flexibility index (Phi) is 2.91. The third-order valence-electron chi connectivity index (χ3n) is 2.85. The van der Waals surface area contributed by atoms with Crippen molar-refractivity contribution >= 4 is 0 Å². The number of rotatable bonds is 2. The molecule has 4 heteroatoms. The Hall–Kier alpha value is -0.740. The Morgan fingerprint density at radius 3 is 2.47 bits per heavy atom. The monoisotopic (exact) mass is 242 g/mol. The van der Waals surface area contributed by atoms with Crippen LogP contribution in [0, 0.1) is 5.92 Å². The van der Waals surface area contributed by atoms with Crippen LogP contribution in [0.3, 0.4) is 0 Å². The molecule has 0 saturated heterocycles. The van der Waals surface area contributed by atoms with Gasteiger partial charge in [0.25, 0.3) is 0 Å². The zero-order valence-electron chi connectivity index (χ0n) is 11.2. The van der Waals surface area contributed by atoms with E-state index in [-0.39, 0.29) is 11.5 Å². The molecule has 2 aliphatic rings. The summed E-state index contributed by atoms with van der Waals surface area (Å²) < 4.78 is 17.1. The Morgan fingerprint density at radius 2 is 1.88 bits per heavy atom. The quantitative estimate of drug-likeness (QED) is 0.806. The fourth-order valence-corrected chi connectivity index (χ4v) is 2.15. The molecule has 1 heterocycles. The van der Waals surface area contributed by atoms with Crippen molar-refractivity contribution in [2.24, 2.45) is 5.92 Å². The molecule has 0 bridgehead atoms. The van der Waals surface area contributed by atoms with Gasteiger partial charge in [-0.2, -0.15) is 0 Å². The summed E-state index contributed by atoms with van der Waals surface area (Å²) in [6, 6.07) is 0. The number of hydrogen-bond acceptors (Lipinski definition) is 4. The SMILES string of the molecule is CC(C)(C)OC[C@H]1C[C@H](O)C2=C1OC(C)(C)O2. The van der Waals surface area contributed by atoms with E-state index in [1.807, 2.05) is 34.6 Å². The molecule has 98 valence electrons. The standard InChI is InChI=1S/C13H22O4/c1-12(2,3)15-7-8-6-9(14)11-10(8)16-13(4,5)17-11/h8-9,14H,6-7H2,1-5H3/t8-,9+/m1/s1. The van der Waals surface area contributed by atoms with Crippen LogP contribution in [0.2, 0.25) is 0 Å². The van der Waals surface area contributed by atoms with E-state index in [2.05, 4.69) is 0 Å². The second-order valence-corrected chi connectivity index (χ2v) is 6.20. The topological polar surface area (TPSA) is 47.9 Å². The first-order chi connectivity index (χ1) is 7.68. The van der Waals surface area contributed by atoms with Gasteiger partial charge in [-0.05, 0) is 27.2 Å². The predicted octanol–water partition coefficient (Wildman–Crippen LogP) is 2.18. The minimum absolute atomic E-state index is 0.0981. The number of aliphatic hydroxyl groups excluding tert-OH is 1. The van der Waals surface area contributed by atoms with Gasteiger partial charge in [-0.25, -0.2) is 0 Å². The first kappa shape index (κ1) is 12.7. The van der Waals surface area contributed by atoms with Crippen molar-refractivity contribution in [1.82, 2.24) is 0 Å². The van der Waals surface area contributed by atoms with Gasteiger partial charge in [0.1, 0.15) is 11.9 Å². The van der Waals surface area contributed by atoms with E-state index >= 15 is 0 Å². The minimum Gasteiger partial charge on any atom is -0.453 e. The van der Waals surface area contributed by atoms with Crippen LogP contribution in [-0.4, -0.2) is 29.2 Å². The lowest BCUT2D eigenvalue weighted by molar-refractivity contribution is -0.145. The number of ether oxygens (including phenoxy) is 3. The molecule has 0 unspecified atom stereocenters. The van der Waals surface area contributed by atoms with E-state index in [4.69, 9.17) is 14.2 Å². The lowest BCUT2D eigenvalue weighted by Gasteiger charge is -2.26. The van der Waals surface area contributed by atoms with E-state index in [9.17, 15) is 5.11 Å². The lowest BCUT2D eigenvalue weighted by atomic mass is 10.1. The van der Waals surface area contributed by atoms with E-state index < -0.39 is 11.9 Å². The largest absolute Gasteiger partial charge is 0.453 e. The molecule has 0 amide bonds. The van der Waals surface area contributed by atoms with Crippen molar-refractivity contribution < 1.29 is 19.3 Å². The first-order valence-electron chi connectivity index (χ1n) is 6.12. The van der Waals surface area contributed by atoms with Crippen LogP contribution in [0.1, 0.15) is 41.0 Å². The molecule has 17 heavy (non-hydrogen) atoms. The molecule has 2 rings (SSSR count). The molecule has 2 atom stereocenters. The highest BCUT2D eigenvalue weighted by atomic mass is 16.7.